The number of urea groups is 1. The maximum absolute atomic E-state index is 13.6. The first-order valence-electron chi connectivity index (χ1n) is 13.2. The molecule has 2 aliphatic heterocycles. The summed E-state index contributed by atoms with van der Waals surface area (Å²) in [6.45, 7) is 2.07. The Morgan fingerprint density at radius 3 is 2.08 bits per heavy atom. The third-order valence-electron chi connectivity index (χ3n) is 6.93. The summed E-state index contributed by atoms with van der Waals surface area (Å²) in [5, 5.41) is 2.86. The second-order valence-corrected chi connectivity index (χ2v) is 9.67. The molecule has 2 aliphatic rings. The minimum absolute atomic E-state index is 0.0901. The average molecular weight is 536 g/mol. The number of carbonyl (C=O) groups excluding carboxylic acids is 5. The number of ether oxygens (including phenoxy) is 2. The van der Waals surface area contributed by atoms with Crippen LogP contribution >= 0.6 is 0 Å². The molecule has 0 saturated carbocycles. The van der Waals surface area contributed by atoms with E-state index in [1.807, 2.05) is 36.4 Å². The number of likely N-dealkylation sites (tertiary alicyclic amines) is 2. The van der Waals surface area contributed by atoms with Crippen molar-refractivity contribution < 1.29 is 33.4 Å². The number of hydrogen-bond donors (Lipinski definition) is 1. The number of rotatable bonds is 9. The molecule has 39 heavy (non-hydrogen) atoms. The fourth-order valence-corrected chi connectivity index (χ4v) is 5.03. The lowest BCUT2D eigenvalue weighted by molar-refractivity contribution is -0.172. The maximum Gasteiger partial charge on any atom is 0.355 e. The molecule has 1 N–H and O–H groups in total. The summed E-state index contributed by atoms with van der Waals surface area (Å²) in [5.41, 5.74) is 1.65. The second kappa shape index (κ2) is 13.0. The minimum atomic E-state index is -1.78. The van der Waals surface area contributed by atoms with E-state index in [1.165, 1.54) is 9.80 Å². The quantitative estimate of drug-likeness (QED) is 0.387. The standard InChI is InChI=1S/C29H33N3O7/c1-20(33)39-26(28(36)38-19-22-12-6-3-7-13-22)25(34)23-14-8-16-31(23)27(35)24-15-9-17-32(24)29(37)30-18-21-10-4-2-5-11-21/h2-7,10-13,23-24,26H,8-9,14-19H2,1H3,(H,30,37)/t23-,24-,26-/m0/s1. The Labute approximate surface area is 227 Å². The van der Waals surface area contributed by atoms with Crippen molar-refractivity contribution in [2.45, 2.75) is 63.9 Å². The first-order chi connectivity index (χ1) is 18.8. The summed E-state index contributed by atoms with van der Waals surface area (Å²) < 4.78 is 10.4. The van der Waals surface area contributed by atoms with Gasteiger partial charge in [0.1, 0.15) is 12.6 Å². The van der Waals surface area contributed by atoms with Crippen LogP contribution in [0.25, 0.3) is 0 Å². The fourth-order valence-electron chi connectivity index (χ4n) is 5.03. The van der Waals surface area contributed by atoms with E-state index in [0.717, 1.165) is 12.5 Å². The van der Waals surface area contributed by atoms with Crippen LogP contribution in [0.2, 0.25) is 0 Å². The molecule has 2 heterocycles. The van der Waals surface area contributed by atoms with Crippen LogP contribution in [0.3, 0.4) is 0 Å². The van der Waals surface area contributed by atoms with Gasteiger partial charge in [0, 0.05) is 26.6 Å². The number of nitrogens with one attached hydrogen (secondary N) is 1. The van der Waals surface area contributed by atoms with Gasteiger partial charge in [-0.25, -0.2) is 9.59 Å². The molecule has 0 aliphatic carbocycles. The number of hydrogen-bond acceptors (Lipinski definition) is 7. The van der Waals surface area contributed by atoms with Crippen LogP contribution in [-0.2, 0) is 41.8 Å². The van der Waals surface area contributed by atoms with Gasteiger partial charge in [-0.15, -0.1) is 0 Å². The monoisotopic (exact) mass is 535 g/mol. The van der Waals surface area contributed by atoms with Gasteiger partial charge >= 0.3 is 18.0 Å². The van der Waals surface area contributed by atoms with E-state index in [0.29, 0.717) is 50.9 Å². The van der Waals surface area contributed by atoms with Crippen LogP contribution < -0.4 is 5.32 Å². The summed E-state index contributed by atoms with van der Waals surface area (Å²) in [6, 6.07) is 16.4. The van der Waals surface area contributed by atoms with Crippen molar-refractivity contribution in [2.75, 3.05) is 13.1 Å². The molecule has 3 atom stereocenters. The fraction of sp³-hybridized carbons (Fsp3) is 0.414. The molecule has 10 nitrogen and oxygen atoms in total. The van der Waals surface area contributed by atoms with Crippen LogP contribution in [0, 0.1) is 0 Å². The van der Waals surface area contributed by atoms with Crippen LogP contribution in [-0.4, -0.2) is 70.7 Å². The average Bonchev–Trinajstić information content (AvgIpc) is 3.64. The molecule has 2 aromatic carbocycles. The zero-order valence-corrected chi connectivity index (χ0v) is 21.9. The van der Waals surface area contributed by atoms with E-state index in [4.69, 9.17) is 9.47 Å². The van der Waals surface area contributed by atoms with Crippen molar-refractivity contribution in [1.29, 1.82) is 0 Å². The van der Waals surface area contributed by atoms with Gasteiger partial charge in [-0.1, -0.05) is 60.7 Å². The number of Topliss-reactive ketones (excluding diaryl/α,β-unsaturated/α-hetero) is 1. The van der Waals surface area contributed by atoms with Gasteiger partial charge in [-0.2, -0.15) is 0 Å². The number of nitrogens with zero attached hydrogens (tertiary/aromatic N) is 2. The zero-order chi connectivity index (χ0) is 27.8. The number of esters is 2. The first-order valence-corrected chi connectivity index (χ1v) is 13.2. The Balaban J connectivity index is 1.41. The number of carbonyl (C=O) groups is 5. The molecule has 206 valence electrons. The SMILES string of the molecule is CC(=O)O[C@H](C(=O)OCc1ccccc1)C(=O)[C@@H]1CCCN1C(=O)[C@@H]1CCCN1C(=O)NCc1ccccc1. The number of amides is 3. The predicted molar refractivity (Wildman–Crippen MR) is 140 cm³/mol. The van der Waals surface area contributed by atoms with Crippen molar-refractivity contribution in [3.8, 4) is 0 Å². The number of ketones is 1. The normalized spacial score (nSPS) is 19.3. The lowest BCUT2D eigenvalue weighted by Crippen LogP contribution is -2.55. The maximum atomic E-state index is 13.6. The molecule has 4 rings (SSSR count). The third kappa shape index (κ3) is 7.01. The van der Waals surface area contributed by atoms with E-state index < -0.39 is 35.9 Å². The van der Waals surface area contributed by atoms with E-state index in [2.05, 4.69) is 5.32 Å². The topological polar surface area (TPSA) is 122 Å². The van der Waals surface area contributed by atoms with Gasteiger partial charge in [0.15, 0.2) is 0 Å². The van der Waals surface area contributed by atoms with Crippen LogP contribution in [0.5, 0.6) is 0 Å². The summed E-state index contributed by atoms with van der Waals surface area (Å²) >= 11 is 0. The molecule has 0 spiro atoms. The summed E-state index contributed by atoms with van der Waals surface area (Å²) in [6.07, 6.45) is 0.214. The highest BCUT2D eigenvalue weighted by Crippen LogP contribution is 2.26. The minimum Gasteiger partial charge on any atom is -0.458 e. The highest BCUT2D eigenvalue weighted by atomic mass is 16.6. The third-order valence-corrected chi connectivity index (χ3v) is 6.93. The van der Waals surface area contributed by atoms with Crippen molar-refractivity contribution in [1.82, 2.24) is 15.1 Å². The molecule has 2 fully saturated rings. The van der Waals surface area contributed by atoms with E-state index in [9.17, 15) is 24.0 Å². The van der Waals surface area contributed by atoms with E-state index >= 15 is 0 Å². The van der Waals surface area contributed by atoms with Crippen molar-refractivity contribution in [3.63, 3.8) is 0 Å². The van der Waals surface area contributed by atoms with E-state index in [-0.39, 0.29) is 18.5 Å². The van der Waals surface area contributed by atoms with Gasteiger partial charge in [-0.3, -0.25) is 14.4 Å². The lowest BCUT2D eigenvalue weighted by Gasteiger charge is -2.31. The van der Waals surface area contributed by atoms with Gasteiger partial charge in [0.2, 0.25) is 11.7 Å². The van der Waals surface area contributed by atoms with Gasteiger partial charge in [-0.05, 0) is 36.8 Å². The highest BCUT2D eigenvalue weighted by molar-refractivity contribution is 6.07. The molecule has 0 bridgehead atoms. The Hall–Kier alpha value is -4.21. The molecule has 2 saturated heterocycles. The Bertz CT molecular complexity index is 1190. The summed E-state index contributed by atoms with van der Waals surface area (Å²) in [5.74, 6) is -2.84. The molecule has 2 aromatic rings. The van der Waals surface area contributed by atoms with Gasteiger partial charge in [0.05, 0.1) is 6.04 Å². The number of benzene rings is 2. The molecule has 3 amide bonds. The van der Waals surface area contributed by atoms with Crippen molar-refractivity contribution >= 4 is 29.7 Å². The summed E-state index contributed by atoms with van der Waals surface area (Å²) in [4.78, 5) is 67.5. The Morgan fingerprint density at radius 2 is 1.44 bits per heavy atom. The Morgan fingerprint density at radius 1 is 0.846 bits per heavy atom. The first kappa shape index (κ1) is 27.8. The molecule has 0 radical (unpaired) electrons. The molecule has 10 heteroatoms. The van der Waals surface area contributed by atoms with Gasteiger partial charge < -0.3 is 24.6 Å². The molecule has 0 aromatic heterocycles. The predicted octanol–water partition coefficient (Wildman–Crippen LogP) is 2.60. The van der Waals surface area contributed by atoms with Crippen molar-refractivity contribution in [3.05, 3.63) is 71.8 Å². The van der Waals surface area contributed by atoms with Crippen LogP contribution in [0.15, 0.2) is 60.7 Å². The van der Waals surface area contributed by atoms with Crippen LogP contribution in [0.4, 0.5) is 4.79 Å². The van der Waals surface area contributed by atoms with Crippen LogP contribution in [0.1, 0.15) is 43.7 Å². The zero-order valence-electron chi connectivity index (χ0n) is 21.9. The lowest BCUT2D eigenvalue weighted by atomic mass is 10.0. The smallest absolute Gasteiger partial charge is 0.355 e. The molecule has 0 unspecified atom stereocenters. The van der Waals surface area contributed by atoms with Crippen molar-refractivity contribution in [2.24, 2.45) is 0 Å². The summed E-state index contributed by atoms with van der Waals surface area (Å²) in [7, 11) is 0. The highest BCUT2D eigenvalue weighted by Gasteiger charge is 2.46. The molecular weight excluding hydrogens is 502 g/mol. The van der Waals surface area contributed by atoms with Gasteiger partial charge in [0.25, 0.3) is 6.10 Å². The Kier molecular flexibility index (Phi) is 9.30. The second-order valence-electron chi connectivity index (χ2n) is 9.67. The van der Waals surface area contributed by atoms with E-state index in [1.54, 1.807) is 24.3 Å². The largest absolute Gasteiger partial charge is 0.458 e. The molecular formula is C29H33N3O7.